The standard InChI is InChI=1S/C23H28O4/c1-3-5-6-7-8-9-10-16-19-21(25)17-14-11-12-15-18(17)22(26)23(19)27-20(24)13-4-2/h10-12,14-16H,3-9,13H2,1-2H3. The smallest absolute Gasteiger partial charge is 0.311 e. The number of hydrogen-bond acceptors (Lipinski definition) is 4. The summed E-state index contributed by atoms with van der Waals surface area (Å²) in [5.74, 6) is -1.30. The zero-order chi connectivity index (χ0) is 19.6. The van der Waals surface area contributed by atoms with Crippen molar-refractivity contribution >= 4 is 17.5 Å². The van der Waals surface area contributed by atoms with Crippen LogP contribution >= 0.6 is 0 Å². The van der Waals surface area contributed by atoms with Crippen LogP contribution in [0.3, 0.4) is 0 Å². The Morgan fingerprint density at radius 2 is 1.59 bits per heavy atom. The molecule has 0 aliphatic heterocycles. The third kappa shape index (κ3) is 5.49. The molecule has 0 spiro atoms. The number of esters is 1. The molecule has 0 heterocycles. The highest BCUT2D eigenvalue weighted by Gasteiger charge is 2.33. The molecular formula is C23H28O4. The second kappa shape index (κ2) is 10.6. The molecule has 144 valence electrons. The van der Waals surface area contributed by atoms with Gasteiger partial charge in [0.1, 0.15) is 0 Å². The molecule has 1 aliphatic carbocycles. The van der Waals surface area contributed by atoms with Crippen molar-refractivity contribution in [2.45, 2.75) is 65.2 Å². The molecule has 0 bridgehead atoms. The molecule has 0 fully saturated rings. The van der Waals surface area contributed by atoms with Crippen LogP contribution in [0.2, 0.25) is 0 Å². The number of benzene rings is 1. The van der Waals surface area contributed by atoms with E-state index in [-0.39, 0.29) is 23.5 Å². The molecule has 0 N–H and O–H groups in total. The van der Waals surface area contributed by atoms with E-state index in [1.807, 2.05) is 13.0 Å². The van der Waals surface area contributed by atoms with Crippen molar-refractivity contribution in [1.82, 2.24) is 0 Å². The van der Waals surface area contributed by atoms with Crippen molar-refractivity contribution < 1.29 is 19.1 Å². The van der Waals surface area contributed by atoms with Crippen LogP contribution in [0.5, 0.6) is 0 Å². The summed E-state index contributed by atoms with van der Waals surface area (Å²) in [6, 6.07) is 6.66. The minimum Gasteiger partial charge on any atom is -0.421 e. The van der Waals surface area contributed by atoms with Gasteiger partial charge in [0.15, 0.2) is 11.5 Å². The first-order valence-electron chi connectivity index (χ1n) is 9.90. The number of carbonyl (C=O) groups excluding carboxylic acids is 3. The van der Waals surface area contributed by atoms with E-state index < -0.39 is 11.8 Å². The average molecular weight is 368 g/mol. The van der Waals surface area contributed by atoms with Gasteiger partial charge in [-0.25, -0.2) is 0 Å². The zero-order valence-corrected chi connectivity index (χ0v) is 16.3. The van der Waals surface area contributed by atoms with E-state index in [0.717, 1.165) is 19.3 Å². The van der Waals surface area contributed by atoms with E-state index in [1.165, 1.54) is 19.3 Å². The fourth-order valence-corrected chi connectivity index (χ4v) is 3.06. The van der Waals surface area contributed by atoms with Crippen molar-refractivity contribution in [3.05, 3.63) is 58.9 Å². The molecular weight excluding hydrogens is 340 g/mol. The Morgan fingerprint density at radius 1 is 0.926 bits per heavy atom. The van der Waals surface area contributed by atoms with Crippen LogP contribution in [-0.4, -0.2) is 17.5 Å². The Kier molecular flexibility index (Phi) is 8.18. The molecule has 1 aromatic carbocycles. The van der Waals surface area contributed by atoms with E-state index >= 15 is 0 Å². The van der Waals surface area contributed by atoms with Crippen LogP contribution in [0.15, 0.2) is 47.7 Å². The van der Waals surface area contributed by atoms with Crippen LogP contribution in [-0.2, 0) is 9.53 Å². The van der Waals surface area contributed by atoms with Gasteiger partial charge in [-0.05, 0) is 19.3 Å². The minimum atomic E-state index is -0.488. The summed E-state index contributed by atoms with van der Waals surface area (Å²) in [5.41, 5.74) is 0.829. The number of ether oxygens (including phenoxy) is 1. The third-order valence-electron chi connectivity index (χ3n) is 4.54. The minimum absolute atomic E-state index is 0.139. The topological polar surface area (TPSA) is 60.4 Å². The van der Waals surface area contributed by atoms with Gasteiger partial charge in [0, 0.05) is 17.5 Å². The number of rotatable bonds is 10. The highest BCUT2D eigenvalue weighted by molar-refractivity contribution is 6.27. The molecule has 0 saturated heterocycles. The Labute approximate surface area is 161 Å². The lowest BCUT2D eigenvalue weighted by Gasteiger charge is -2.18. The summed E-state index contributed by atoms with van der Waals surface area (Å²) in [6.45, 7) is 4.04. The lowest BCUT2D eigenvalue weighted by atomic mass is 9.87. The van der Waals surface area contributed by atoms with Crippen molar-refractivity contribution in [3.8, 4) is 0 Å². The van der Waals surface area contributed by atoms with Crippen LogP contribution in [0.1, 0.15) is 85.9 Å². The van der Waals surface area contributed by atoms with Gasteiger partial charge in [0.05, 0.1) is 5.57 Å². The highest BCUT2D eigenvalue weighted by Crippen LogP contribution is 2.28. The number of fused-ring (bicyclic) bond motifs is 1. The van der Waals surface area contributed by atoms with E-state index in [9.17, 15) is 14.4 Å². The highest BCUT2D eigenvalue weighted by atomic mass is 16.5. The maximum atomic E-state index is 12.9. The number of allylic oxidation sites excluding steroid dienone is 4. The number of hydrogen-bond donors (Lipinski definition) is 0. The van der Waals surface area contributed by atoms with Crippen molar-refractivity contribution in [1.29, 1.82) is 0 Å². The first-order valence-corrected chi connectivity index (χ1v) is 9.90. The molecule has 0 unspecified atom stereocenters. The van der Waals surface area contributed by atoms with Gasteiger partial charge >= 0.3 is 5.97 Å². The van der Waals surface area contributed by atoms with Gasteiger partial charge in [0.25, 0.3) is 0 Å². The van der Waals surface area contributed by atoms with Crippen LogP contribution in [0.4, 0.5) is 0 Å². The van der Waals surface area contributed by atoms with Crippen molar-refractivity contribution in [3.63, 3.8) is 0 Å². The molecule has 1 aliphatic rings. The van der Waals surface area contributed by atoms with Gasteiger partial charge in [-0.3, -0.25) is 14.4 Å². The molecule has 0 saturated carbocycles. The van der Waals surface area contributed by atoms with E-state index in [1.54, 1.807) is 30.3 Å². The molecule has 0 atom stereocenters. The zero-order valence-electron chi connectivity index (χ0n) is 16.3. The Bertz CT molecular complexity index is 755. The maximum Gasteiger partial charge on any atom is 0.311 e. The molecule has 0 radical (unpaired) electrons. The Hall–Kier alpha value is -2.49. The second-order valence-electron chi connectivity index (χ2n) is 6.78. The van der Waals surface area contributed by atoms with E-state index in [4.69, 9.17) is 4.74 Å². The summed E-state index contributed by atoms with van der Waals surface area (Å²) in [7, 11) is 0. The number of carbonyl (C=O) groups is 3. The van der Waals surface area contributed by atoms with E-state index in [0.29, 0.717) is 17.5 Å². The lowest BCUT2D eigenvalue weighted by molar-refractivity contribution is -0.139. The van der Waals surface area contributed by atoms with Gasteiger partial charge in [-0.2, -0.15) is 0 Å². The first kappa shape index (κ1) is 20.8. The largest absolute Gasteiger partial charge is 0.421 e. The van der Waals surface area contributed by atoms with Crippen molar-refractivity contribution in [2.75, 3.05) is 0 Å². The average Bonchev–Trinajstić information content (AvgIpc) is 2.67. The fraction of sp³-hybridized carbons (Fsp3) is 0.435. The first-order chi connectivity index (χ1) is 13.1. The van der Waals surface area contributed by atoms with Gasteiger partial charge in [-0.15, -0.1) is 0 Å². The molecule has 0 aromatic heterocycles. The Balaban J connectivity index is 2.21. The van der Waals surface area contributed by atoms with E-state index in [2.05, 4.69) is 6.92 Å². The molecule has 2 rings (SSSR count). The van der Waals surface area contributed by atoms with Crippen LogP contribution in [0, 0.1) is 0 Å². The van der Waals surface area contributed by atoms with Crippen LogP contribution in [0.25, 0.3) is 0 Å². The summed E-state index contributed by atoms with van der Waals surface area (Å²) < 4.78 is 5.31. The fourth-order valence-electron chi connectivity index (χ4n) is 3.06. The number of ketones is 2. The molecule has 27 heavy (non-hydrogen) atoms. The number of unbranched alkanes of at least 4 members (excludes halogenated alkanes) is 5. The predicted molar refractivity (Wildman–Crippen MR) is 106 cm³/mol. The molecule has 1 aromatic rings. The SMILES string of the molecule is CCCCCCCC=CC1=C(OC(=O)CCC)C(=O)c2ccccc2C1=O. The summed E-state index contributed by atoms with van der Waals surface area (Å²) in [5, 5.41) is 0. The molecule has 0 amide bonds. The number of Topliss-reactive ketones (excluding diaryl/α,β-unsaturated/α-hetero) is 2. The molecule has 4 heteroatoms. The van der Waals surface area contributed by atoms with Gasteiger partial charge in [-0.1, -0.05) is 75.9 Å². The normalized spacial score (nSPS) is 14.0. The Morgan fingerprint density at radius 3 is 2.26 bits per heavy atom. The van der Waals surface area contributed by atoms with Gasteiger partial charge in [0.2, 0.25) is 5.78 Å². The maximum absolute atomic E-state index is 12.9. The lowest BCUT2D eigenvalue weighted by Crippen LogP contribution is -2.24. The molecule has 4 nitrogen and oxygen atoms in total. The van der Waals surface area contributed by atoms with Gasteiger partial charge < -0.3 is 4.74 Å². The van der Waals surface area contributed by atoms with Crippen molar-refractivity contribution in [2.24, 2.45) is 0 Å². The summed E-state index contributed by atoms with van der Waals surface area (Å²) in [4.78, 5) is 37.6. The summed E-state index contributed by atoms with van der Waals surface area (Å²) >= 11 is 0. The summed E-state index contributed by atoms with van der Waals surface area (Å²) in [6.07, 6.45) is 11.0. The monoisotopic (exact) mass is 368 g/mol. The quantitative estimate of drug-likeness (QED) is 0.399. The third-order valence-corrected chi connectivity index (χ3v) is 4.54. The second-order valence-corrected chi connectivity index (χ2v) is 6.78. The predicted octanol–water partition coefficient (Wildman–Crippen LogP) is 5.58. The van der Waals surface area contributed by atoms with Crippen LogP contribution < -0.4 is 0 Å².